The van der Waals surface area contributed by atoms with Gasteiger partial charge in [-0.2, -0.15) is 4.98 Å². The quantitative estimate of drug-likeness (QED) is 0.844. The Morgan fingerprint density at radius 1 is 1.23 bits per heavy atom. The van der Waals surface area contributed by atoms with Gasteiger partial charge in [-0.1, -0.05) is 12.1 Å². The van der Waals surface area contributed by atoms with E-state index < -0.39 is 0 Å². The molecule has 3 heterocycles. The van der Waals surface area contributed by atoms with Crippen LogP contribution in [0.3, 0.4) is 0 Å². The first kappa shape index (κ1) is 13.5. The lowest BCUT2D eigenvalue weighted by molar-refractivity contribution is -0.0488. The second kappa shape index (κ2) is 5.55. The molecule has 1 atom stereocenters. The zero-order valence-corrected chi connectivity index (χ0v) is 12.4. The molecule has 1 saturated heterocycles. The number of aromatic nitrogens is 2. The Balaban J connectivity index is 1.81. The van der Waals surface area contributed by atoms with E-state index in [-0.39, 0.29) is 6.23 Å². The van der Waals surface area contributed by atoms with E-state index in [1.807, 2.05) is 24.3 Å². The summed E-state index contributed by atoms with van der Waals surface area (Å²) in [7, 11) is 1.58. The van der Waals surface area contributed by atoms with E-state index >= 15 is 0 Å². The van der Waals surface area contributed by atoms with Crippen molar-refractivity contribution in [2.45, 2.75) is 6.23 Å². The van der Waals surface area contributed by atoms with E-state index in [0.717, 1.165) is 35.7 Å². The molecule has 6 heteroatoms. The fourth-order valence-electron chi connectivity index (χ4n) is 2.90. The van der Waals surface area contributed by atoms with Gasteiger partial charge in [-0.05, 0) is 12.1 Å². The van der Waals surface area contributed by atoms with Crippen LogP contribution in [-0.2, 0) is 4.74 Å². The average Bonchev–Trinajstić information content (AvgIpc) is 2.61. The Hall–Kier alpha value is -2.18. The maximum atomic E-state index is 6.22. The predicted molar refractivity (Wildman–Crippen MR) is 79.8 cm³/mol. The van der Waals surface area contributed by atoms with Gasteiger partial charge >= 0.3 is 6.01 Å². The summed E-state index contributed by atoms with van der Waals surface area (Å²) in [6, 6.07) is 8.31. The molecule has 0 aliphatic carbocycles. The number of hydrogen-bond donors (Lipinski definition) is 0. The van der Waals surface area contributed by atoms with Gasteiger partial charge in [0.15, 0.2) is 6.23 Å². The SMILES string of the molecule is COc1ncc2c(n1)-c1ccccc1OC2N1CCOCC1. The van der Waals surface area contributed by atoms with E-state index in [1.54, 1.807) is 13.3 Å². The maximum absolute atomic E-state index is 6.22. The van der Waals surface area contributed by atoms with Gasteiger partial charge in [0.25, 0.3) is 0 Å². The van der Waals surface area contributed by atoms with Crippen molar-refractivity contribution < 1.29 is 14.2 Å². The van der Waals surface area contributed by atoms with Crippen molar-refractivity contribution in [1.82, 2.24) is 14.9 Å². The summed E-state index contributed by atoms with van der Waals surface area (Å²) in [5.74, 6) is 0.840. The molecule has 0 saturated carbocycles. The lowest BCUT2D eigenvalue weighted by atomic mass is 10.0. The van der Waals surface area contributed by atoms with E-state index in [1.165, 1.54) is 0 Å². The van der Waals surface area contributed by atoms with Crippen LogP contribution in [0, 0.1) is 0 Å². The summed E-state index contributed by atoms with van der Waals surface area (Å²) >= 11 is 0. The number of para-hydroxylation sites is 1. The number of methoxy groups -OCH3 is 1. The number of nitrogens with zero attached hydrogens (tertiary/aromatic N) is 3. The minimum Gasteiger partial charge on any atom is -0.470 e. The fourth-order valence-corrected chi connectivity index (χ4v) is 2.90. The van der Waals surface area contributed by atoms with E-state index in [9.17, 15) is 0 Å². The van der Waals surface area contributed by atoms with E-state index in [4.69, 9.17) is 14.2 Å². The van der Waals surface area contributed by atoms with Crippen molar-refractivity contribution in [3.63, 3.8) is 0 Å². The largest absolute Gasteiger partial charge is 0.470 e. The van der Waals surface area contributed by atoms with Gasteiger partial charge in [0.1, 0.15) is 5.75 Å². The molecular formula is C16H17N3O3. The lowest BCUT2D eigenvalue weighted by Gasteiger charge is -2.37. The second-order valence-corrected chi connectivity index (χ2v) is 5.28. The molecule has 1 aromatic heterocycles. The molecule has 114 valence electrons. The van der Waals surface area contributed by atoms with Crippen LogP contribution in [0.15, 0.2) is 30.5 Å². The van der Waals surface area contributed by atoms with Crippen molar-refractivity contribution in [1.29, 1.82) is 0 Å². The van der Waals surface area contributed by atoms with Crippen LogP contribution in [0.4, 0.5) is 0 Å². The molecule has 1 fully saturated rings. The Labute approximate surface area is 128 Å². The van der Waals surface area contributed by atoms with Gasteiger partial charge in [0, 0.05) is 24.8 Å². The molecule has 2 aliphatic rings. The van der Waals surface area contributed by atoms with Crippen LogP contribution in [0.5, 0.6) is 11.8 Å². The molecule has 0 spiro atoms. The van der Waals surface area contributed by atoms with Crippen molar-refractivity contribution in [2.24, 2.45) is 0 Å². The molecule has 2 aliphatic heterocycles. The summed E-state index contributed by atoms with van der Waals surface area (Å²) in [6.07, 6.45) is 1.62. The average molecular weight is 299 g/mol. The maximum Gasteiger partial charge on any atom is 0.316 e. The summed E-state index contributed by atoms with van der Waals surface area (Å²) in [5, 5.41) is 0. The number of morpholine rings is 1. The monoisotopic (exact) mass is 299 g/mol. The van der Waals surface area contributed by atoms with Crippen LogP contribution >= 0.6 is 0 Å². The first-order chi connectivity index (χ1) is 10.9. The van der Waals surface area contributed by atoms with Gasteiger partial charge in [0.05, 0.1) is 31.6 Å². The van der Waals surface area contributed by atoms with Crippen LogP contribution < -0.4 is 9.47 Å². The molecule has 1 aromatic carbocycles. The zero-order valence-electron chi connectivity index (χ0n) is 12.4. The van der Waals surface area contributed by atoms with Gasteiger partial charge in [-0.25, -0.2) is 4.98 Å². The predicted octanol–water partition coefficient (Wildman–Crippen LogP) is 1.88. The topological polar surface area (TPSA) is 56.7 Å². The van der Waals surface area contributed by atoms with E-state index in [2.05, 4.69) is 14.9 Å². The minimum atomic E-state index is -0.181. The first-order valence-electron chi connectivity index (χ1n) is 7.35. The van der Waals surface area contributed by atoms with Gasteiger partial charge in [-0.3, -0.25) is 4.90 Å². The first-order valence-corrected chi connectivity index (χ1v) is 7.35. The third-order valence-corrected chi connectivity index (χ3v) is 4.00. The van der Waals surface area contributed by atoms with Crippen LogP contribution in [-0.4, -0.2) is 48.3 Å². The van der Waals surface area contributed by atoms with Gasteiger partial charge in [0.2, 0.25) is 0 Å². The van der Waals surface area contributed by atoms with Crippen LogP contribution in [0.2, 0.25) is 0 Å². The molecule has 0 amide bonds. The third kappa shape index (κ3) is 2.20. The van der Waals surface area contributed by atoms with Crippen LogP contribution in [0.25, 0.3) is 11.3 Å². The summed E-state index contributed by atoms with van der Waals surface area (Å²) < 4.78 is 16.8. The third-order valence-electron chi connectivity index (χ3n) is 4.00. The fraction of sp³-hybridized carbons (Fsp3) is 0.375. The molecule has 0 bridgehead atoms. The van der Waals surface area contributed by atoms with Gasteiger partial charge in [-0.15, -0.1) is 0 Å². The molecule has 4 rings (SSSR count). The van der Waals surface area contributed by atoms with Crippen LogP contribution in [0.1, 0.15) is 11.8 Å². The Kier molecular flexibility index (Phi) is 3.40. The molecule has 1 unspecified atom stereocenters. The standard InChI is InChI=1S/C16H17N3O3/c1-20-16-17-10-12-14(18-16)11-4-2-3-5-13(11)22-15(12)19-6-8-21-9-7-19/h2-5,10,15H,6-9H2,1H3. The highest BCUT2D eigenvalue weighted by molar-refractivity contribution is 5.72. The smallest absolute Gasteiger partial charge is 0.316 e. The number of rotatable bonds is 2. The number of fused-ring (bicyclic) bond motifs is 3. The Morgan fingerprint density at radius 3 is 2.86 bits per heavy atom. The van der Waals surface area contributed by atoms with Gasteiger partial charge < -0.3 is 14.2 Å². The van der Waals surface area contributed by atoms with Crippen molar-refractivity contribution >= 4 is 0 Å². The highest BCUT2D eigenvalue weighted by atomic mass is 16.5. The Bertz CT molecular complexity index is 686. The Morgan fingerprint density at radius 2 is 2.05 bits per heavy atom. The number of benzene rings is 1. The molecule has 22 heavy (non-hydrogen) atoms. The number of ether oxygens (including phenoxy) is 3. The van der Waals surface area contributed by atoms with Crippen molar-refractivity contribution in [3.8, 4) is 23.0 Å². The highest BCUT2D eigenvalue weighted by Gasteiger charge is 2.33. The summed E-state index contributed by atoms with van der Waals surface area (Å²) in [4.78, 5) is 11.1. The van der Waals surface area contributed by atoms with E-state index in [0.29, 0.717) is 19.2 Å². The normalized spacial score (nSPS) is 20.7. The molecule has 2 aromatic rings. The minimum absolute atomic E-state index is 0.181. The molecule has 0 N–H and O–H groups in total. The zero-order chi connectivity index (χ0) is 14.9. The second-order valence-electron chi connectivity index (χ2n) is 5.28. The van der Waals surface area contributed by atoms with Crippen molar-refractivity contribution in [3.05, 3.63) is 36.0 Å². The molecule has 0 radical (unpaired) electrons. The summed E-state index contributed by atoms with van der Waals surface area (Å²) in [6.45, 7) is 3.10. The lowest BCUT2D eigenvalue weighted by Crippen LogP contribution is -2.42. The molecular weight excluding hydrogens is 282 g/mol. The summed E-state index contributed by atoms with van der Waals surface area (Å²) in [5.41, 5.74) is 2.83. The number of hydrogen-bond acceptors (Lipinski definition) is 6. The highest BCUT2D eigenvalue weighted by Crippen LogP contribution is 2.42. The van der Waals surface area contributed by atoms with Crippen molar-refractivity contribution in [2.75, 3.05) is 33.4 Å². The molecule has 6 nitrogen and oxygen atoms in total.